The molecule has 1 aromatic rings. The van der Waals surface area contributed by atoms with Crippen LogP contribution in [0.1, 0.15) is 11.0 Å². The third-order valence-electron chi connectivity index (χ3n) is 2.10. The van der Waals surface area contributed by atoms with E-state index in [0.717, 1.165) is 9.21 Å². The van der Waals surface area contributed by atoms with Gasteiger partial charge >= 0.3 is 0 Å². The second-order valence-electron chi connectivity index (χ2n) is 3.34. The summed E-state index contributed by atoms with van der Waals surface area (Å²) in [6, 6.07) is 3.79. The van der Waals surface area contributed by atoms with Crippen molar-refractivity contribution in [2.45, 2.75) is 6.10 Å². The summed E-state index contributed by atoms with van der Waals surface area (Å²) >= 11 is 7.36. The summed E-state index contributed by atoms with van der Waals surface area (Å²) in [6.07, 6.45) is -0.0986. The maximum Gasteiger partial charge on any atom is 0.104 e. The van der Waals surface area contributed by atoms with Crippen molar-refractivity contribution in [3.8, 4) is 0 Å². The Hall–Kier alpha value is -0.170. The Bertz CT molecular complexity index is 309. The maximum absolute atomic E-state index is 5.86. The summed E-state index contributed by atoms with van der Waals surface area (Å²) in [7, 11) is 1.64. The van der Waals surface area contributed by atoms with Crippen molar-refractivity contribution in [2.24, 2.45) is 5.73 Å². The lowest BCUT2D eigenvalue weighted by molar-refractivity contribution is -0.00312. The first-order chi connectivity index (χ1) is 8.27. The molecule has 1 atom stereocenters. The Morgan fingerprint density at radius 2 is 2.06 bits per heavy atom. The second-order valence-corrected chi connectivity index (χ2v) is 5.09. The minimum atomic E-state index is -0.0986. The molecule has 17 heavy (non-hydrogen) atoms. The first-order valence-corrected chi connectivity index (χ1v) is 6.61. The predicted molar refractivity (Wildman–Crippen MR) is 69.8 cm³/mol. The topological polar surface area (TPSA) is 53.7 Å². The van der Waals surface area contributed by atoms with Crippen molar-refractivity contribution in [1.29, 1.82) is 0 Å². The Morgan fingerprint density at radius 1 is 1.29 bits per heavy atom. The van der Waals surface area contributed by atoms with Gasteiger partial charge < -0.3 is 19.9 Å². The van der Waals surface area contributed by atoms with Gasteiger partial charge in [-0.2, -0.15) is 0 Å². The minimum Gasteiger partial charge on any atom is -0.382 e. The lowest BCUT2D eigenvalue weighted by Gasteiger charge is -2.14. The highest BCUT2D eigenvalue weighted by Gasteiger charge is 2.12. The molecule has 1 unspecified atom stereocenters. The fourth-order valence-corrected chi connectivity index (χ4v) is 2.38. The van der Waals surface area contributed by atoms with Crippen LogP contribution in [-0.2, 0) is 14.2 Å². The molecular formula is C11H18ClNO3S. The van der Waals surface area contributed by atoms with E-state index in [1.807, 2.05) is 12.1 Å². The van der Waals surface area contributed by atoms with Gasteiger partial charge in [-0.05, 0) is 12.1 Å². The van der Waals surface area contributed by atoms with E-state index in [9.17, 15) is 0 Å². The summed E-state index contributed by atoms with van der Waals surface area (Å²) < 4.78 is 16.5. The Labute approximate surface area is 111 Å². The number of rotatable bonds is 9. The van der Waals surface area contributed by atoms with Gasteiger partial charge in [-0.15, -0.1) is 11.3 Å². The van der Waals surface area contributed by atoms with Gasteiger partial charge in [0, 0.05) is 18.5 Å². The average molecular weight is 280 g/mol. The van der Waals surface area contributed by atoms with Gasteiger partial charge in [0.15, 0.2) is 0 Å². The van der Waals surface area contributed by atoms with Crippen LogP contribution in [0.4, 0.5) is 0 Å². The quantitative estimate of drug-likeness (QED) is 0.703. The van der Waals surface area contributed by atoms with Crippen molar-refractivity contribution >= 4 is 22.9 Å². The third kappa shape index (κ3) is 5.81. The Balaban J connectivity index is 2.19. The van der Waals surface area contributed by atoms with E-state index in [4.69, 9.17) is 31.5 Å². The van der Waals surface area contributed by atoms with Crippen LogP contribution in [-0.4, -0.2) is 40.1 Å². The van der Waals surface area contributed by atoms with Crippen LogP contribution in [0.25, 0.3) is 0 Å². The number of hydrogen-bond acceptors (Lipinski definition) is 5. The lowest BCUT2D eigenvalue weighted by Crippen LogP contribution is -2.17. The average Bonchev–Trinajstić information content (AvgIpc) is 2.75. The molecule has 0 saturated heterocycles. The zero-order valence-electron chi connectivity index (χ0n) is 9.86. The van der Waals surface area contributed by atoms with Gasteiger partial charge in [0.2, 0.25) is 0 Å². The fourth-order valence-electron chi connectivity index (χ4n) is 1.26. The van der Waals surface area contributed by atoms with Crippen LogP contribution in [0, 0.1) is 0 Å². The highest BCUT2D eigenvalue weighted by atomic mass is 35.5. The van der Waals surface area contributed by atoms with E-state index in [-0.39, 0.29) is 6.10 Å². The highest BCUT2D eigenvalue weighted by Crippen LogP contribution is 2.28. The molecule has 4 nitrogen and oxygen atoms in total. The molecular weight excluding hydrogens is 262 g/mol. The smallest absolute Gasteiger partial charge is 0.104 e. The van der Waals surface area contributed by atoms with Gasteiger partial charge in [0.1, 0.15) is 6.10 Å². The van der Waals surface area contributed by atoms with Crippen LogP contribution in [0.15, 0.2) is 12.1 Å². The van der Waals surface area contributed by atoms with E-state index in [0.29, 0.717) is 33.0 Å². The first kappa shape index (κ1) is 14.9. The van der Waals surface area contributed by atoms with Crippen LogP contribution in [0.3, 0.4) is 0 Å². The molecule has 98 valence electrons. The van der Waals surface area contributed by atoms with Crippen LogP contribution in [0.5, 0.6) is 0 Å². The molecule has 0 aliphatic heterocycles. The van der Waals surface area contributed by atoms with E-state index < -0.39 is 0 Å². The molecule has 0 aromatic carbocycles. The van der Waals surface area contributed by atoms with E-state index in [2.05, 4.69) is 0 Å². The molecule has 1 aromatic heterocycles. The first-order valence-electron chi connectivity index (χ1n) is 5.41. The molecule has 0 bridgehead atoms. The lowest BCUT2D eigenvalue weighted by atomic mass is 10.3. The van der Waals surface area contributed by atoms with Gasteiger partial charge in [-0.25, -0.2) is 0 Å². The molecule has 6 heteroatoms. The summed E-state index contributed by atoms with van der Waals surface area (Å²) in [6.45, 7) is 2.67. The van der Waals surface area contributed by atoms with E-state index in [1.165, 1.54) is 11.3 Å². The minimum absolute atomic E-state index is 0.0986. The number of halogens is 1. The van der Waals surface area contributed by atoms with E-state index in [1.54, 1.807) is 7.11 Å². The second kappa shape index (κ2) is 8.85. The van der Waals surface area contributed by atoms with Gasteiger partial charge in [-0.1, -0.05) is 11.6 Å². The summed E-state index contributed by atoms with van der Waals surface area (Å²) in [5.74, 6) is 0. The molecule has 0 amide bonds. The van der Waals surface area contributed by atoms with Crippen molar-refractivity contribution in [3.05, 3.63) is 21.3 Å². The SMILES string of the molecule is COCCOCCOC(CN)c1ccc(Cl)s1. The largest absolute Gasteiger partial charge is 0.382 e. The standard InChI is InChI=1S/C11H18ClNO3S/c1-14-4-5-15-6-7-16-9(8-13)10-2-3-11(12)17-10/h2-3,9H,4-8,13H2,1H3. The Morgan fingerprint density at radius 3 is 2.65 bits per heavy atom. The molecule has 1 rings (SSSR count). The van der Waals surface area contributed by atoms with E-state index >= 15 is 0 Å². The zero-order valence-corrected chi connectivity index (χ0v) is 11.4. The van der Waals surface area contributed by atoms with Crippen LogP contribution in [0.2, 0.25) is 4.34 Å². The predicted octanol–water partition coefficient (Wildman–Crippen LogP) is 2.08. The van der Waals surface area contributed by atoms with Crippen molar-refractivity contribution < 1.29 is 14.2 Å². The van der Waals surface area contributed by atoms with Crippen LogP contribution >= 0.6 is 22.9 Å². The molecule has 0 aliphatic rings. The van der Waals surface area contributed by atoms with Gasteiger partial charge in [0.05, 0.1) is 30.8 Å². The molecule has 2 N–H and O–H groups in total. The third-order valence-corrected chi connectivity index (χ3v) is 3.43. The molecule has 0 radical (unpaired) electrons. The maximum atomic E-state index is 5.86. The molecule has 0 aliphatic carbocycles. The van der Waals surface area contributed by atoms with Crippen LogP contribution < -0.4 is 5.73 Å². The normalized spacial score (nSPS) is 12.9. The summed E-state index contributed by atoms with van der Waals surface area (Å²) in [5.41, 5.74) is 5.65. The number of nitrogens with two attached hydrogens (primary N) is 1. The summed E-state index contributed by atoms with van der Waals surface area (Å²) in [5, 5.41) is 0. The summed E-state index contributed by atoms with van der Waals surface area (Å²) in [4.78, 5) is 1.05. The number of ether oxygens (including phenoxy) is 3. The van der Waals surface area contributed by atoms with Crippen molar-refractivity contribution in [2.75, 3.05) is 40.1 Å². The number of methoxy groups -OCH3 is 1. The zero-order chi connectivity index (χ0) is 12.5. The monoisotopic (exact) mass is 279 g/mol. The van der Waals surface area contributed by atoms with Gasteiger partial charge in [-0.3, -0.25) is 0 Å². The van der Waals surface area contributed by atoms with Crippen molar-refractivity contribution in [1.82, 2.24) is 0 Å². The molecule has 0 fully saturated rings. The fraction of sp³-hybridized carbons (Fsp3) is 0.636. The highest BCUT2D eigenvalue weighted by molar-refractivity contribution is 7.16. The number of thiophene rings is 1. The van der Waals surface area contributed by atoms with Crippen molar-refractivity contribution in [3.63, 3.8) is 0 Å². The Kier molecular flexibility index (Phi) is 7.75. The molecule has 1 heterocycles. The number of hydrogen-bond donors (Lipinski definition) is 1. The van der Waals surface area contributed by atoms with Gasteiger partial charge in [0.25, 0.3) is 0 Å². The molecule has 0 saturated carbocycles. The molecule has 0 spiro atoms.